The smallest absolute Gasteiger partial charge is 0.410 e. The van der Waals surface area contributed by atoms with Gasteiger partial charge in [-0.2, -0.15) is 0 Å². The van der Waals surface area contributed by atoms with Crippen LogP contribution in [0.3, 0.4) is 0 Å². The van der Waals surface area contributed by atoms with E-state index in [-0.39, 0.29) is 31.1 Å². The van der Waals surface area contributed by atoms with Crippen LogP contribution in [0.25, 0.3) is 0 Å². The summed E-state index contributed by atoms with van der Waals surface area (Å²) in [4.78, 5) is 36.9. The van der Waals surface area contributed by atoms with E-state index in [2.05, 4.69) is 41.3 Å². The number of hydrogen-bond donors (Lipinski definition) is 2. The Hall–Kier alpha value is -3.39. The minimum absolute atomic E-state index is 0.0496. The number of aliphatic carboxylic acids is 2. The summed E-state index contributed by atoms with van der Waals surface area (Å²) in [5.41, 5.74) is 3.70. The van der Waals surface area contributed by atoms with Crippen LogP contribution in [0.15, 0.2) is 54.6 Å². The Bertz CT molecular complexity index is 1020. The number of fused-ring (bicyclic) bond motifs is 4. The van der Waals surface area contributed by atoms with Crippen molar-refractivity contribution in [3.8, 4) is 0 Å². The van der Waals surface area contributed by atoms with Gasteiger partial charge in [-0.05, 0) is 55.0 Å². The molecular weight excluding hydrogens is 448 g/mol. The fourth-order valence-electron chi connectivity index (χ4n) is 5.21. The van der Waals surface area contributed by atoms with Crippen molar-refractivity contribution in [2.75, 3.05) is 26.2 Å². The number of rotatable bonds is 5. The SMILES string of the molecule is O=C(O)CCC(=O)O.O=C(O[C@H]1CN2CCC1CC2)N1CCc2ccccc2C1c1ccccc1. The molecular formula is C27H32N2O6. The van der Waals surface area contributed by atoms with E-state index in [1.165, 1.54) is 11.1 Å². The van der Waals surface area contributed by atoms with Gasteiger partial charge in [0.2, 0.25) is 0 Å². The zero-order chi connectivity index (χ0) is 24.8. The molecule has 8 heteroatoms. The Morgan fingerprint density at radius 3 is 2.09 bits per heavy atom. The van der Waals surface area contributed by atoms with Crippen molar-refractivity contribution in [2.24, 2.45) is 5.92 Å². The molecule has 6 rings (SSSR count). The highest BCUT2D eigenvalue weighted by Gasteiger charge is 2.39. The molecule has 3 fully saturated rings. The number of nitrogens with zero attached hydrogens (tertiary/aromatic N) is 2. The molecule has 0 spiro atoms. The summed E-state index contributed by atoms with van der Waals surface area (Å²) < 4.78 is 6.08. The van der Waals surface area contributed by atoms with Crippen molar-refractivity contribution in [1.82, 2.24) is 9.80 Å². The van der Waals surface area contributed by atoms with E-state index in [1.807, 2.05) is 23.1 Å². The van der Waals surface area contributed by atoms with Crippen molar-refractivity contribution in [1.29, 1.82) is 0 Å². The molecule has 3 saturated heterocycles. The maximum atomic E-state index is 13.2. The monoisotopic (exact) mass is 480 g/mol. The van der Waals surface area contributed by atoms with Crippen molar-refractivity contribution < 1.29 is 29.3 Å². The molecule has 2 bridgehead atoms. The van der Waals surface area contributed by atoms with Gasteiger partial charge in [-0.25, -0.2) is 4.79 Å². The zero-order valence-corrected chi connectivity index (χ0v) is 19.7. The fourth-order valence-corrected chi connectivity index (χ4v) is 5.21. The van der Waals surface area contributed by atoms with Crippen LogP contribution in [0.1, 0.15) is 48.4 Å². The molecule has 2 N–H and O–H groups in total. The third-order valence-electron chi connectivity index (χ3n) is 7.03. The van der Waals surface area contributed by atoms with E-state index in [0.717, 1.165) is 44.5 Å². The molecule has 4 aliphatic rings. The minimum atomic E-state index is -1.08. The van der Waals surface area contributed by atoms with E-state index < -0.39 is 11.9 Å². The van der Waals surface area contributed by atoms with Crippen LogP contribution in [0.2, 0.25) is 0 Å². The summed E-state index contributed by atoms with van der Waals surface area (Å²) in [5, 5.41) is 15.8. The van der Waals surface area contributed by atoms with Crippen LogP contribution in [0, 0.1) is 5.92 Å². The fraction of sp³-hybridized carbons (Fsp3) is 0.444. The third kappa shape index (κ3) is 6.19. The highest BCUT2D eigenvalue weighted by Crippen LogP contribution is 2.36. The second-order valence-electron chi connectivity index (χ2n) is 9.30. The average Bonchev–Trinajstić information content (AvgIpc) is 2.88. The molecule has 35 heavy (non-hydrogen) atoms. The van der Waals surface area contributed by atoms with E-state index in [0.29, 0.717) is 12.5 Å². The Balaban J connectivity index is 0.000000314. The van der Waals surface area contributed by atoms with Gasteiger partial charge in [-0.15, -0.1) is 0 Å². The van der Waals surface area contributed by atoms with Crippen LogP contribution in [0.5, 0.6) is 0 Å². The molecule has 8 nitrogen and oxygen atoms in total. The predicted molar refractivity (Wildman–Crippen MR) is 129 cm³/mol. The summed E-state index contributed by atoms with van der Waals surface area (Å²) in [6.07, 6.45) is 2.50. The number of piperidine rings is 3. The second kappa shape index (κ2) is 11.4. The summed E-state index contributed by atoms with van der Waals surface area (Å²) >= 11 is 0. The predicted octanol–water partition coefficient (Wildman–Crippen LogP) is 3.80. The lowest BCUT2D eigenvalue weighted by atomic mass is 9.86. The number of ether oxygens (including phenoxy) is 1. The standard InChI is InChI=1S/C23H26N2O2.C4H6O4/c26-23(27-21-16-24-13-10-18(21)11-14-24)25-15-12-17-6-4-5-9-20(17)22(25)19-7-2-1-3-8-19;5-3(6)1-2-4(7)8/h1-9,18,21-22H,10-16H2;1-2H2,(H,5,6)(H,7,8)/t21-,22?;/m0./s1. The first kappa shape index (κ1) is 24.7. The molecule has 4 aliphatic heterocycles. The summed E-state index contributed by atoms with van der Waals surface area (Å²) in [6.45, 7) is 3.91. The molecule has 2 aromatic carbocycles. The van der Waals surface area contributed by atoms with Crippen molar-refractivity contribution in [3.05, 3.63) is 71.3 Å². The number of carboxylic acids is 2. The lowest BCUT2D eigenvalue weighted by molar-refractivity contribution is -0.143. The first-order valence-electron chi connectivity index (χ1n) is 12.2. The summed E-state index contributed by atoms with van der Waals surface area (Å²) in [7, 11) is 0. The number of carbonyl (C=O) groups excluding carboxylic acids is 1. The number of hydrogen-bond acceptors (Lipinski definition) is 5. The minimum Gasteiger partial charge on any atom is -0.481 e. The Morgan fingerprint density at radius 2 is 1.49 bits per heavy atom. The first-order valence-corrected chi connectivity index (χ1v) is 12.2. The lowest BCUT2D eigenvalue weighted by Gasteiger charge is -2.45. The van der Waals surface area contributed by atoms with Gasteiger partial charge >= 0.3 is 18.0 Å². The second-order valence-corrected chi connectivity index (χ2v) is 9.30. The molecule has 1 amide bonds. The van der Waals surface area contributed by atoms with E-state index >= 15 is 0 Å². The zero-order valence-electron chi connectivity index (χ0n) is 19.7. The van der Waals surface area contributed by atoms with Gasteiger partial charge in [0.25, 0.3) is 0 Å². The summed E-state index contributed by atoms with van der Waals surface area (Å²) in [5.74, 6) is -1.62. The molecule has 0 aromatic heterocycles. The van der Waals surface area contributed by atoms with Crippen molar-refractivity contribution in [2.45, 2.75) is 44.2 Å². The van der Waals surface area contributed by atoms with Crippen molar-refractivity contribution in [3.63, 3.8) is 0 Å². The van der Waals surface area contributed by atoms with Gasteiger partial charge in [0.05, 0.1) is 18.9 Å². The number of benzene rings is 2. The van der Waals surface area contributed by atoms with Gasteiger partial charge in [-0.1, -0.05) is 54.6 Å². The molecule has 186 valence electrons. The van der Waals surface area contributed by atoms with E-state index in [1.54, 1.807) is 0 Å². The highest BCUT2D eigenvalue weighted by atomic mass is 16.6. The Labute approximate surface area is 205 Å². The van der Waals surface area contributed by atoms with Gasteiger partial charge < -0.3 is 14.9 Å². The highest BCUT2D eigenvalue weighted by molar-refractivity contribution is 5.75. The molecule has 1 unspecified atom stereocenters. The topological polar surface area (TPSA) is 107 Å². The molecule has 2 aromatic rings. The van der Waals surface area contributed by atoms with Gasteiger partial charge in [0.15, 0.2) is 0 Å². The van der Waals surface area contributed by atoms with Crippen LogP contribution >= 0.6 is 0 Å². The normalized spacial score (nSPS) is 24.5. The maximum Gasteiger partial charge on any atom is 0.410 e. The maximum absolute atomic E-state index is 13.2. The van der Waals surface area contributed by atoms with Gasteiger partial charge in [0, 0.05) is 13.1 Å². The third-order valence-corrected chi connectivity index (χ3v) is 7.03. The van der Waals surface area contributed by atoms with Gasteiger partial charge in [-0.3, -0.25) is 19.4 Å². The lowest BCUT2D eigenvalue weighted by Crippen LogP contribution is -2.53. The molecule has 0 aliphatic carbocycles. The molecule has 0 saturated carbocycles. The van der Waals surface area contributed by atoms with Crippen LogP contribution < -0.4 is 0 Å². The molecule has 4 heterocycles. The average molecular weight is 481 g/mol. The molecule has 0 radical (unpaired) electrons. The van der Waals surface area contributed by atoms with Crippen LogP contribution in [-0.2, 0) is 20.7 Å². The van der Waals surface area contributed by atoms with Crippen LogP contribution in [-0.4, -0.2) is 70.3 Å². The van der Waals surface area contributed by atoms with E-state index in [9.17, 15) is 14.4 Å². The molecule has 2 atom stereocenters. The summed E-state index contributed by atoms with van der Waals surface area (Å²) in [6, 6.07) is 18.8. The van der Waals surface area contributed by atoms with Gasteiger partial charge in [0.1, 0.15) is 6.10 Å². The quantitative estimate of drug-likeness (QED) is 0.670. The number of amides is 1. The number of carbonyl (C=O) groups is 3. The first-order chi connectivity index (χ1) is 16.9. The largest absolute Gasteiger partial charge is 0.481 e. The van der Waals surface area contributed by atoms with Crippen LogP contribution in [0.4, 0.5) is 4.79 Å². The van der Waals surface area contributed by atoms with Crippen molar-refractivity contribution >= 4 is 18.0 Å². The Kier molecular flexibility index (Phi) is 8.02. The number of carboxylic acid groups (broad SMARTS) is 2. The van der Waals surface area contributed by atoms with E-state index in [4.69, 9.17) is 14.9 Å². The Morgan fingerprint density at radius 1 is 0.857 bits per heavy atom.